The van der Waals surface area contributed by atoms with Gasteiger partial charge in [0.05, 0.1) is 0 Å². The lowest BCUT2D eigenvalue weighted by atomic mass is 10.2. The second-order valence-corrected chi connectivity index (χ2v) is 5.76. The number of carboxylic acid groups (broad SMARTS) is 1. The highest BCUT2D eigenvalue weighted by Gasteiger charge is 2.18. The Morgan fingerprint density at radius 2 is 2.32 bits per heavy atom. The van der Waals surface area contributed by atoms with Crippen LogP contribution >= 0.6 is 11.8 Å². The lowest BCUT2D eigenvalue weighted by molar-refractivity contribution is 0.0691. The summed E-state index contributed by atoms with van der Waals surface area (Å²) >= 11 is 1.98. The van der Waals surface area contributed by atoms with E-state index in [0.29, 0.717) is 18.4 Å². The molecular formula is C14H19NO3S. The molecule has 2 rings (SSSR count). The number of hydrogen-bond donors (Lipinski definition) is 1. The van der Waals surface area contributed by atoms with Gasteiger partial charge in [0.2, 0.25) is 0 Å². The molecule has 104 valence electrons. The number of carbonyl (C=O) groups is 1. The number of nitrogens with zero attached hydrogens (tertiary/aromatic N) is 1. The Hall–Kier alpha value is -1.20. The van der Waals surface area contributed by atoms with Crippen molar-refractivity contribution in [2.45, 2.75) is 13.0 Å². The number of aromatic carboxylic acids is 1. The van der Waals surface area contributed by atoms with Crippen LogP contribution in [0.25, 0.3) is 0 Å². The highest BCUT2D eigenvalue weighted by Crippen LogP contribution is 2.19. The lowest BCUT2D eigenvalue weighted by Crippen LogP contribution is -2.42. The van der Waals surface area contributed by atoms with Crippen molar-refractivity contribution in [1.82, 2.24) is 4.90 Å². The fourth-order valence-electron chi connectivity index (χ4n) is 2.14. The predicted octanol–water partition coefficient (Wildman–Crippen LogP) is 2.20. The van der Waals surface area contributed by atoms with Gasteiger partial charge in [-0.2, -0.15) is 11.8 Å². The fraction of sp³-hybridized carbons (Fsp3) is 0.500. The van der Waals surface area contributed by atoms with Gasteiger partial charge < -0.3 is 9.84 Å². The summed E-state index contributed by atoms with van der Waals surface area (Å²) in [4.78, 5) is 13.4. The van der Waals surface area contributed by atoms with Crippen LogP contribution in [0.15, 0.2) is 24.3 Å². The van der Waals surface area contributed by atoms with E-state index in [9.17, 15) is 4.79 Å². The van der Waals surface area contributed by atoms with Gasteiger partial charge in [0, 0.05) is 30.6 Å². The second kappa shape index (κ2) is 6.82. The van der Waals surface area contributed by atoms with Crippen molar-refractivity contribution in [3.63, 3.8) is 0 Å². The monoisotopic (exact) mass is 281 g/mol. The molecule has 1 heterocycles. The fourth-order valence-corrected chi connectivity index (χ4v) is 3.22. The van der Waals surface area contributed by atoms with Gasteiger partial charge in [0.25, 0.3) is 0 Å². The van der Waals surface area contributed by atoms with E-state index in [2.05, 4.69) is 11.8 Å². The molecular weight excluding hydrogens is 262 g/mol. The van der Waals surface area contributed by atoms with Crippen molar-refractivity contribution in [3.8, 4) is 5.75 Å². The van der Waals surface area contributed by atoms with E-state index < -0.39 is 5.97 Å². The minimum atomic E-state index is -0.946. The first kappa shape index (κ1) is 14.2. The average Bonchev–Trinajstić information content (AvgIpc) is 2.41. The van der Waals surface area contributed by atoms with Crippen LogP contribution in [0, 0.1) is 0 Å². The molecule has 0 spiro atoms. The molecule has 0 aromatic heterocycles. The van der Waals surface area contributed by atoms with E-state index in [4.69, 9.17) is 9.84 Å². The largest absolute Gasteiger partial charge is 0.491 e. The number of rotatable bonds is 5. The summed E-state index contributed by atoms with van der Waals surface area (Å²) in [7, 11) is 0. The Labute approximate surface area is 117 Å². The van der Waals surface area contributed by atoms with Crippen LogP contribution in [0.4, 0.5) is 0 Å². The van der Waals surface area contributed by atoms with Crippen LogP contribution in [0.1, 0.15) is 17.3 Å². The minimum Gasteiger partial charge on any atom is -0.491 e. The highest BCUT2D eigenvalue weighted by atomic mass is 32.2. The molecule has 1 aromatic rings. The van der Waals surface area contributed by atoms with Gasteiger partial charge in [-0.05, 0) is 19.1 Å². The van der Waals surface area contributed by atoms with Crippen LogP contribution in [-0.2, 0) is 0 Å². The highest BCUT2D eigenvalue weighted by molar-refractivity contribution is 7.99. The Balaban J connectivity index is 1.87. The van der Waals surface area contributed by atoms with E-state index in [1.165, 1.54) is 0 Å². The third-order valence-electron chi connectivity index (χ3n) is 3.26. The van der Waals surface area contributed by atoms with Gasteiger partial charge in [0.1, 0.15) is 17.9 Å². The molecule has 0 saturated carbocycles. The molecule has 0 bridgehead atoms. The molecule has 19 heavy (non-hydrogen) atoms. The van der Waals surface area contributed by atoms with Crippen molar-refractivity contribution in [2.24, 2.45) is 0 Å². The van der Waals surface area contributed by atoms with Gasteiger partial charge in [-0.1, -0.05) is 12.1 Å². The molecule has 1 aromatic carbocycles. The zero-order valence-electron chi connectivity index (χ0n) is 11.0. The molecule has 4 nitrogen and oxygen atoms in total. The summed E-state index contributed by atoms with van der Waals surface area (Å²) in [6.45, 7) is 4.67. The van der Waals surface area contributed by atoms with Crippen molar-refractivity contribution in [1.29, 1.82) is 0 Å². The van der Waals surface area contributed by atoms with Gasteiger partial charge in [-0.15, -0.1) is 0 Å². The molecule has 0 aliphatic carbocycles. The third kappa shape index (κ3) is 3.88. The molecule has 5 heteroatoms. The van der Waals surface area contributed by atoms with Crippen molar-refractivity contribution in [3.05, 3.63) is 29.8 Å². The maximum absolute atomic E-state index is 11.0. The maximum Gasteiger partial charge on any atom is 0.339 e. The predicted molar refractivity (Wildman–Crippen MR) is 77.3 cm³/mol. The Morgan fingerprint density at radius 1 is 1.53 bits per heavy atom. The molecule has 1 atom stereocenters. The SMILES string of the molecule is CC1CSCCN1CCOc1ccccc1C(=O)O. The molecule has 1 aliphatic heterocycles. The Morgan fingerprint density at radius 3 is 3.05 bits per heavy atom. The standard InChI is InChI=1S/C14H19NO3S/c1-11-10-19-9-7-15(11)6-8-18-13-5-3-2-4-12(13)14(16)17/h2-5,11H,6-10H2,1H3,(H,16,17). The quantitative estimate of drug-likeness (QED) is 0.896. The number of ether oxygens (including phenoxy) is 1. The zero-order chi connectivity index (χ0) is 13.7. The van der Waals surface area contributed by atoms with Gasteiger partial charge >= 0.3 is 5.97 Å². The van der Waals surface area contributed by atoms with Gasteiger partial charge in [-0.25, -0.2) is 4.79 Å². The van der Waals surface area contributed by atoms with E-state index in [1.54, 1.807) is 24.3 Å². The molecule has 1 N–H and O–H groups in total. The topological polar surface area (TPSA) is 49.8 Å². The smallest absolute Gasteiger partial charge is 0.339 e. The first-order chi connectivity index (χ1) is 9.18. The van der Waals surface area contributed by atoms with E-state index >= 15 is 0 Å². The van der Waals surface area contributed by atoms with Crippen LogP contribution < -0.4 is 4.74 Å². The van der Waals surface area contributed by atoms with Crippen LogP contribution in [0.2, 0.25) is 0 Å². The third-order valence-corrected chi connectivity index (χ3v) is 4.45. The summed E-state index contributed by atoms with van der Waals surface area (Å²) in [5.74, 6) is 1.83. The molecule has 0 radical (unpaired) electrons. The molecule has 1 unspecified atom stereocenters. The Kier molecular flexibility index (Phi) is 5.10. The van der Waals surface area contributed by atoms with Crippen molar-refractivity contribution < 1.29 is 14.6 Å². The molecule has 1 fully saturated rings. The lowest BCUT2D eigenvalue weighted by Gasteiger charge is -2.32. The van der Waals surface area contributed by atoms with Crippen LogP contribution in [0.3, 0.4) is 0 Å². The number of para-hydroxylation sites is 1. The summed E-state index contributed by atoms with van der Waals surface area (Å²) in [6.07, 6.45) is 0. The van der Waals surface area contributed by atoms with Crippen molar-refractivity contribution >= 4 is 17.7 Å². The summed E-state index contributed by atoms with van der Waals surface area (Å²) in [5, 5.41) is 9.06. The maximum atomic E-state index is 11.0. The second-order valence-electron chi connectivity index (χ2n) is 4.61. The zero-order valence-corrected chi connectivity index (χ0v) is 11.9. The Bertz CT molecular complexity index is 438. The van der Waals surface area contributed by atoms with Gasteiger partial charge in [0.15, 0.2) is 0 Å². The average molecular weight is 281 g/mol. The first-order valence-corrected chi connectivity index (χ1v) is 7.61. The number of thioether (sulfide) groups is 1. The number of carboxylic acids is 1. The summed E-state index contributed by atoms with van der Waals surface area (Å²) in [5.41, 5.74) is 0.227. The van der Waals surface area contributed by atoms with Crippen molar-refractivity contribution in [2.75, 3.05) is 31.2 Å². The van der Waals surface area contributed by atoms with Crippen LogP contribution in [-0.4, -0.2) is 53.2 Å². The van der Waals surface area contributed by atoms with Gasteiger partial charge in [-0.3, -0.25) is 4.90 Å². The molecule has 0 amide bonds. The summed E-state index contributed by atoms with van der Waals surface area (Å²) < 4.78 is 5.62. The first-order valence-electron chi connectivity index (χ1n) is 6.45. The van der Waals surface area contributed by atoms with E-state index in [-0.39, 0.29) is 5.56 Å². The minimum absolute atomic E-state index is 0.227. The number of hydrogen-bond acceptors (Lipinski definition) is 4. The van der Waals surface area contributed by atoms with Crippen LogP contribution in [0.5, 0.6) is 5.75 Å². The van der Waals surface area contributed by atoms with E-state index in [0.717, 1.165) is 24.6 Å². The van der Waals surface area contributed by atoms with E-state index in [1.807, 2.05) is 11.8 Å². The molecule has 1 aliphatic rings. The summed E-state index contributed by atoms with van der Waals surface area (Å²) in [6, 6.07) is 7.34. The molecule has 1 saturated heterocycles. The number of benzene rings is 1. The normalized spacial score (nSPS) is 20.2.